The van der Waals surface area contributed by atoms with Crippen LogP contribution < -0.4 is 4.74 Å². The van der Waals surface area contributed by atoms with Gasteiger partial charge in [0.15, 0.2) is 0 Å². The highest BCUT2D eigenvalue weighted by atomic mass is 16.5. The molecule has 1 fully saturated rings. The number of unbranched alkanes of at least 4 members (excludes halogenated alkanes) is 1. The van der Waals surface area contributed by atoms with Gasteiger partial charge in [-0.1, -0.05) is 25.3 Å². The number of carbonyl (C=O) groups is 2. The SMILES string of the molecule is CCCCC(=O)Oc1ccc(C2=CC(=C3CCCCC3)C(=O)O2)cc1. The summed E-state index contributed by atoms with van der Waals surface area (Å²) in [6.07, 6.45) is 9.58. The molecule has 0 radical (unpaired) electrons. The first-order valence-corrected chi connectivity index (χ1v) is 9.14. The van der Waals surface area contributed by atoms with Crippen LogP contribution in [-0.2, 0) is 14.3 Å². The fourth-order valence-electron chi connectivity index (χ4n) is 3.20. The monoisotopic (exact) mass is 340 g/mol. The Labute approximate surface area is 148 Å². The maximum atomic E-state index is 12.2. The molecule has 1 aliphatic carbocycles. The highest BCUT2D eigenvalue weighted by Gasteiger charge is 2.25. The Bertz CT molecular complexity index is 702. The van der Waals surface area contributed by atoms with Gasteiger partial charge in [0.05, 0.1) is 5.57 Å². The minimum absolute atomic E-state index is 0.217. The molecule has 4 heteroatoms. The Morgan fingerprint density at radius 3 is 2.52 bits per heavy atom. The number of hydrogen-bond acceptors (Lipinski definition) is 4. The molecule has 1 aliphatic heterocycles. The number of ether oxygens (including phenoxy) is 2. The minimum Gasteiger partial charge on any atom is -0.427 e. The van der Waals surface area contributed by atoms with Crippen LogP contribution in [0.1, 0.15) is 63.9 Å². The van der Waals surface area contributed by atoms with E-state index < -0.39 is 0 Å². The van der Waals surface area contributed by atoms with E-state index in [0.717, 1.165) is 49.7 Å². The molecular formula is C21H24O4. The zero-order valence-electron chi connectivity index (χ0n) is 14.7. The van der Waals surface area contributed by atoms with E-state index in [0.29, 0.717) is 17.9 Å². The van der Waals surface area contributed by atoms with E-state index >= 15 is 0 Å². The van der Waals surface area contributed by atoms with Crippen molar-refractivity contribution < 1.29 is 19.1 Å². The second-order valence-electron chi connectivity index (χ2n) is 6.58. The van der Waals surface area contributed by atoms with Crippen molar-refractivity contribution in [1.29, 1.82) is 0 Å². The minimum atomic E-state index is -0.248. The van der Waals surface area contributed by atoms with Gasteiger partial charge in [-0.05, 0) is 62.4 Å². The first-order valence-electron chi connectivity index (χ1n) is 9.14. The molecule has 2 aliphatic rings. The highest BCUT2D eigenvalue weighted by Crippen LogP contribution is 2.33. The zero-order valence-corrected chi connectivity index (χ0v) is 14.7. The zero-order chi connectivity index (χ0) is 17.6. The number of rotatable bonds is 5. The maximum Gasteiger partial charge on any atom is 0.343 e. The summed E-state index contributed by atoms with van der Waals surface area (Å²) in [5, 5.41) is 0. The van der Waals surface area contributed by atoms with Crippen LogP contribution in [0.5, 0.6) is 5.75 Å². The van der Waals surface area contributed by atoms with E-state index in [4.69, 9.17) is 9.47 Å². The van der Waals surface area contributed by atoms with Gasteiger partial charge >= 0.3 is 11.9 Å². The Balaban J connectivity index is 1.70. The lowest BCUT2D eigenvalue weighted by molar-refractivity contribution is -0.134. The standard InChI is InChI=1S/C21H24O4/c1-2-3-9-20(22)24-17-12-10-16(11-13-17)19-14-18(21(23)25-19)15-7-5-4-6-8-15/h10-14H,2-9H2,1H3. The van der Waals surface area contributed by atoms with Crippen molar-refractivity contribution in [2.45, 2.75) is 58.3 Å². The summed E-state index contributed by atoms with van der Waals surface area (Å²) in [6, 6.07) is 7.10. The van der Waals surface area contributed by atoms with E-state index in [1.807, 2.05) is 25.1 Å². The average Bonchev–Trinajstić information content (AvgIpc) is 3.03. The van der Waals surface area contributed by atoms with E-state index in [2.05, 4.69) is 0 Å². The smallest absolute Gasteiger partial charge is 0.343 e. The summed E-state index contributed by atoms with van der Waals surface area (Å²) < 4.78 is 10.7. The lowest BCUT2D eigenvalue weighted by Gasteiger charge is -2.14. The molecule has 1 heterocycles. The summed E-state index contributed by atoms with van der Waals surface area (Å²) in [6.45, 7) is 2.04. The maximum absolute atomic E-state index is 12.2. The molecule has 0 spiro atoms. The van der Waals surface area contributed by atoms with Crippen LogP contribution in [0.2, 0.25) is 0 Å². The molecule has 132 valence electrons. The largest absolute Gasteiger partial charge is 0.427 e. The van der Waals surface area contributed by atoms with Crippen molar-refractivity contribution in [2.24, 2.45) is 0 Å². The van der Waals surface area contributed by atoms with Gasteiger partial charge < -0.3 is 9.47 Å². The van der Waals surface area contributed by atoms with Crippen molar-refractivity contribution in [3.8, 4) is 5.75 Å². The van der Waals surface area contributed by atoms with Crippen LogP contribution in [0.3, 0.4) is 0 Å². The molecule has 0 unspecified atom stereocenters. The fraction of sp³-hybridized carbons (Fsp3) is 0.429. The lowest BCUT2D eigenvalue weighted by Crippen LogP contribution is -2.07. The van der Waals surface area contributed by atoms with Gasteiger partial charge in [-0.25, -0.2) is 4.79 Å². The van der Waals surface area contributed by atoms with Gasteiger partial charge in [-0.3, -0.25) is 4.79 Å². The number of carbonyl (C=O) groups excluding carboxylic acids is 2. The average molecular weight is 340 g/mol. The van der Waals surface area contributed by atoms with Crippen molar-refractivity contribution >= 4 is 17.7 Å². The quantitative estimate of drug-likeness (QED) is 0.433. The van der Waals surface area contributed by atoms with Gasteiger partial charge in [0, 0.05) is 12.0 Å². The number of cyclic esters (lactones) is 1. The second kappa shape index (κ2) is 8.15. The Morgan fingerprint density at radius 2 is 1.84 bits per heavy atom. The molecule has 25 heavy (non-hydrogen) atoms. The molecule has 0 saturated heterocycles. The molecule has 0 atom stereocenters. The first-order chi connectivity index (χ1) is 12.2. The first kappa shape index (κ1) is 17.5. The van der Waals surface area contributed by atoms with Crippen LogP contribution in [0.4, 0.5) is 0 Å². The van der Waals surface area contributed by atoms with Crippen molar-refractivity contribution in [1.82, 2.24) is 0 Å². The van der Waals surface area contributed by atoms with Gasteiger partial charge in [0.25, 0.3) is 0 Å². The molecule has 3 rings (SSSR count). The Morgan fingerprint density at radius 1 is 1.12 bits per heavy atom. The molecule has 1 aromatic carbocycles. The normalized spacial score (nSPS) is 17.3. The summed E-state index contributed by atoms with van der Waals surface area (Å²) >= 11 is 0. The molecule has 1 saturated carbocycles. The van der Waals surface area contributed by atoms with Gasteiger partial charge in [-0.15, -0.1) is 0 Å². The van der Waals surface area contributed by atoms with Gasteiger partial charge in [0.2, 0.25) is 0 Å². The number of hydrogen-bond donors (Lipinski definition) is 0. The number of allylic oxidation sites excluding steroid dienone is 1. The van der Waals surface area contributed by atoms with Crippen LogP contribution >= 0.6 is 0 Å². The van der Waals surface area contributed by atoms with Crippen LogP contribution in [-0.4, -0.2) is 11.9 Å². The molecule has 1 aromatic rings. The van der Waals surface area contributed by atoms with Gasteiger partial charge in [0.1, 0.15) is 11.5 Å². The third-order valence-electron chi connectivity index (χ3n) is 4.64. The number of benzene rings is 1. The lowest BCUT2D eigenvalue weighted by atomic mass is 9.91. The van der Waals surface area contributed by atoms with Crippen LogP contribution in [0.25, 0.3) is 5.76 Å². The van der Waals surface area contributed by atoms with Crippen molar-refractivity contribution in [3.05, 3.63) is 47.1 Å². The van der Waals surface area contributed by atoms with Gasteiger partial charge in [-0.2, -0.15) is 0 Å². The van der Waals surface area contributed by atoms with E-state index in [-0.39, 0.29) is 11.9 Å². The van der Waals surface area contributed by atoms with E-state index in [1.165, 1.54) is 12.0 Å². The Kier molecular flexibility index (Phi) is 5.69. The molecule has 0 aromatic heterocycles. The third kappa shape index (κ3) is 4.38. The highest BCUT2D eigenvalue weighted by molar-refractivity contribution is 6.02. The summed E-state index contributed by atoms with van der Waals surface area (Å²) in [7, 11) is 0. The second-order valence-corrected chi connectivity index (χ2v) is 6.58. The topological polar surface area (TPSA) is 52.6 Å². The molecular weight excluding hydrogens is 316 g/mol. The van der Waals surface area contributed by atoms with E-state index in [1.54, 1.807) is 12.1 Å². The van der Waals surface area contributed by atoms with E-state index in [9.17, 15) is 9.59 Å². The summed E-state index contributed by atoms with van der Waals surface area (Å²) in [4.78, 5) is 23.8. The summed E-state index contributed by atoms with van der Waals surface area (Å²) in [5.41, 5.74) is 2.76. The number of esters is 2. The van der Waals surface area contributed by atoms with Crippen LogP contribution in [0, 0.1) is 0 Å². The summed E-state index contributed by atoms with van der Waals surface area (Å²) in [5.74, 6) is 0.620. The van der Waals surface area contributed by atoms with Crippen molar-refractivity contribution in [3.63, 3.8) is 0 Å². The van der Waals surface area contributed by atoms with Crippen molar-refractivity contribution in [2.75, 3.05) is 0 Å². The van der Waals surface area contributed by atoms with Crippen LogP contribution in [0.15, 0.2) is 41.5 Å². The molecule has 4 nitrogen and oxygen atoms in total. The molecule has 0 bridgehead atoms. The predicted octanol–water partition coefficient (Wildman–Crippen LogP) is 4.94. The molecule has 0 amide bonds. The fourth-order valence-corrected chi connectivity index (χ4v) is 3.20. The Hall–Kier alpha value is -2.36. The molecule has 0 N–H and O–H groups in total. The predicted molar refractivity (Wildman–Crippen MR) is 95.8 cm³/mol. The third-order valence-corrected chi connectivity index (χ3v) is 4.64.